The van der Waals surface area contributed by atoms with Gasteiger partial charge in [-0.05, 0) is 26.0 Å². The first-order valence-corrected chi connectivity index (χ1v) is 5.05. The summed E-state index contributed by atoms with van der Waals surface area (Å²) in [5.74, 6) is -0.129. The van der Waals surface area contributed by atoms with Crippen molar-refractivity contribution < 1.29 is 4.79 Å². The van der Waals surface area contributed by atoms with E-state index in [1.165, 1.54) is 9.47 Å². The van der Waals surface area contributed by atoms with Crippen LogP contribution >= 0.6 is 0 Å². The summed E-state index contributed by atoms with van der Waals surface area (Å²) in [7, 11) is 3.32. The number of hydrogen-bond acceptors (Lipinski definition) is 3. The lowest BCUT2D eigenvalue weighted by molar-refractivity contribution is -0.131. The predicted molar refractivity (Wildman–Crippen MR) is 63.3 cm³/mol. The summed E-state index contributed by atoms with van der Waals surface area (Å²) in [6.07, 6.45) is 0. The zero-order chi connectivity index (χ0) is 12.5. The lowest BCUT2D eigenvalue weighted by atomic mass is 10.2. The second kappa shape index (κ2) is 4.38. The minimum absolute atomic E-state index is 0.129. The molecule has 0 aliphatic heterocycles. The summed E-state index contributed by atoms with van der Waals surface area (Å²) >= 11 is 0. The Morgan fingerprint density at radius 3 is 2.50 bits per heavy atom. The summed E-state index contributed by atoms with van der Waals surface area (Å²) in [5.41, 5.74) is 6.11. The number of nitrogens with zero attached hydrogens (tertiary/aromatic N) is 2. The fourth-order valence-corrected chi connectivity index (χ4v) is 1.63. The minimum atomic E-state index is -0.536. The highest BCUT2D eigenvalue weighted by Gasteiger charge is 2.19. The minimum Gasteiger partial charge on any atom is -0.394 e. The Balaban J connectivity index is 3.28. The fraction of sp³-hybridized carbons (Fsp3) is 0.455. The molecule has 0 aromatic carbocycles. The molecule has 0 aliphatic carbocycles. The van der Waals surface area contributed by atoms with Crippen LogP contribution in [0.4, 0.5) is 5.69 Å². The van der Waals surface area contributed by atoms with Crippen LogP contribution in [0.5, 0.6) is 0 Å². The van der Waals surface area contributed by atoms with Gasteiger partial charge in [-0.3, -0.25) is 14.2 Å². The van der Waals surface area contributed by atoms with Crippen molar-refractivity contribution in [2.75, 3.05) is 19.8 Å². The van der Waals surface area contributed by atoms with Crippen LogP contribution in [0, 0.1) is 6.92 Å². The van der Waals surface area contributed by atoms with Crippen molar-refractivity contribution in [2.24, 2.45) is 0 Å². The van der Waals surface area contributed by atoms with Gasteiger partial charge in [-0.25, -0.2) is 0 Å². The third-order valence-electron chi connectivity index (χ3n) is 2.54. The Morgan fingerprint density at radius 1 is 1.44 bits per heavy atom. The largest absolute Gasteiger partial charge is 0.394 e. The van der Waals surface area contributed by atoms with Crippen molar-refractivity contribution in [3.8, 4) is 0 Å². The summed E-state index contributed by atoms with van der Waals surface area (Å²) in [6.45, 7) is 3.47. The van der Waals surface area contributed by atoms with Crippen LogP contribution in [0.15, 0.2) is 16.9 Å². The molecule has 88 valence electrons. The molecule has 1 heterocycles. The van der Waals surface area contributed by atoms with E-state index in [1.807, 2.05) is 0 Å². The Labute approximate surface area is 94.5 Å². The third kappa shape index (κ3) is 2.08. The number of amides is 1. The van der Waals surface area contributed by atoms with Gasteiger partial charge in [0.2, 0.25) is 5.91 Å². The van der Waals surface area contributed by atoms with Gasteiger partial charge in [0, 0.05) is 19.8 Å². The monoisotopic (exact) mass is 223 g/mol. The average Bonchev–Trinajstić information content (AvgIpc) is 2.22. The van der Waals surface area contributed by atoms with Crippen LogP contribution < -0.4 is 11.3 Å². The number of pyridine rings is 1. The molecule has 5 nitrogen and oxygen atoms in total. The molecule has 1 amide bonds. The van der Waals surface area contributed by atoms with Gasteiger partial charge in [0.1, 0.15) is 6.04 Å². The van der Waals surface area contributed by atoms with Crippen molar-refractivity contribution in [3.05, 3.63) is 28.2 Å². The molecule has 0 aliphatic rings. The second-order valence-corrected chi connectivity index (χ2v) is 4.01. The molecule has 5 heteroatoms. The summed E-state index contributed by atoms with van der Waals surface area (Å²) in [5, 5.41) is 0. The molecule has 0 saturated heterocycles. The maximum Gasteiger partial charge on any atom is 0.274 e. The number of anilines is 1. The zero-order valence-corrected chi connectivity index (χ0v) is 10.0. The Hall–Kier alpha value is -1.78. The summed E-state index contributed by atoms with van der Waals surface area (Å²) in [4.78, 5) is 25.1. The molecule has 2 N–H and O–H groups in total. The molecule has 1 rings (SSSR count). The van der Waals surface area contributed by atoms with E-state index in [4.69, 9.17) is 5.73 Å². The maximum atomic E-state index is 11.8. The highest BCUT2D eigenvalue weighted by molar-refractivity contribution is 5.79. The predicted octanol–water partition coefficient (Wildman–Crippen LogP) is 0.388. The van der Waals surface area contributed by atoms with Crippen LogP contribution in [-0.4, -0.2) is 29.5 Å². The van der Waals surface area contributed by atoms with E-state index in [1.54, 1.807) is 40.1 Å². The lowest BCUT2D eigenvalue weighted by Crippen LogP contribution is -2.36. The van der Waals surface area contributed by atoms with Gasteiger partial charge >= 0.3 is 0 Å². The quantitative estimate of drug-likeness (QED) is 0.788. The van der Waals surface area contributed by atoms with E-state index in [0.29, 0.717) is 0 Å². The lowest BCUT2D eigenvalue weighted by Gasteiger charge is -2.21. The van der Waals surface area contributed by atoms with Crippen LogP contribution in [0.2, 0.25) is 0 Å². The molecule has 0 spiro atoms. The first kappa shape index (κ1) is 12.3. The molecular weight excluding hydrogens is 206 g/mol. The number of rotatable bonds is 2. The number of aryl methyl sites for hydroxylation is 1. The van der Waals surface area contributed by atoms with Crippen LogP contribution in [0.3, 0.4) is 0 Å². The van der Waals surface area contributed by atoms with Gasteiger partial charge < -0.3 is 10.6 Å². The number of hydrogen-bond donors (Lipinski definition) is 1. The van der Waals surface area contributed by atoms with Gasteiger partial charge in [-0.2, -0.15) is 0 Å². The molecule has 0 fully saturated rings. The van der Waals surface area contributed by atoms with E-state index >= 15 is 0 Å². The zero-order valence-electron chi connectivity index (χ0n) is 10.0. The standard InChI is InChI=1S/C11H17N3O2/c1-7-5-6-9(12)11(16)14(7)8(2)10(15)13(3)4/h5-6,8H,12H2,1-4H3/t8-/m0/s1. The molecule has 0 bridgehead atoms. The molecular formula is C11H17N3O2. The fourth-order valence-electron chi connectivity index (χ4n) is 1.63. The number of aromatic nitrogens is 1. The van der Waals surface area contributed by atoms with Crippen molar-refractivity contribution in [1.82, 2.24) is 9.47 Å². The normalized spacial score (nSPS) is 12.2. The number of nitrogens with two attached hydrogens (primary N) is 1. The molecule has 0 unspecified atom stereocenters. The van der Waals surface area contributed by atoms with Gasteiger partial charge in [-0.1, -0.05) is 0 Å². The highest BCUT2D eigenvalue weighted by atomic mass is 16.2. The van der Waals surface area contributed by atoms with Crippen molar-refractivity contribution >= 4 is 11.6 Å². The first-order chi connectivity index (χ1) is 7.36. The molecule has 0 saturated carbocycles. The Kier molecular flexibility index (Phi) is 3.37. The van der Waals surface area contributed by atoms with E-state index < -0.39 is 6.04 Å². The summed E-state index contributed by atoms with van der Waals surface area (Å²) in [6, 6.07) is 2.75. The highest BCUT2D eigenvalue weighted by Crippen LogP contribution is 2.10. The second-order valence-electron chi connectivity index (χ2n) is 4.01. The SMILES string of the molecule is Cc1ccc(N)c(=O)n1[C@@H](C)C(=O)N(C)C. The number of carbonyl (C=O) groups excluding carboxylic acids is 1. The summed E-state index contributed by atoms with van der Waals surface area (Å²) < 4.78 is 1.41. The van der Waals surface area contributed by atoms with Crippen LogP contribution in [-0.2, 0) is 4.79 Å². The smallest absolute Gasteiger partial charge is 0.274 e. The van der Waals surface area contributed by atoms with Crippen LogP contribution in [0.25, 0.3) is 0 Å². The third-order valence-corrected chi connectivity index (χ3v) is 2.54. The van der Waals surface area contributed by atoms with Crippen molar-refractivity contribution in [3.63, 3.8) is 0 Å². The molecule has 16 heavy (non-hydrogen) atoms. The Morgan fingerprint density at radius 2 is 2.00 bits per heavy atom. The van der Waals surface area contributed by atoms with Gasteiger partial charge in [0.15, 0.2) is 0 Å². The number of likely N-dealkylation sites (N-methyl/N-ethyl adjacent to an activating group) is 1. The molecule has 0 radical (unpaired) electrons. The first-order valence-electron chi connectivity index (χ1n) is 5.05. The molecule has 1 aromatic rings. The average molecular weight is 223 g/mol. The number of carbonyl (C=O) groups is 1. The van der Waals surface area contributed by atoms with E-state index in [2.05, 4.69) is 0 Å². The number of nitrogen functional groups attached to an aromatic ring is 1. The van der Waals surface area contributed by atoms with Gasteiger partial charge in [0.25, 0.3) is 5.56 Å². The van der Waals surface area contributed by atoms with E-state index in [-0.39, 0.29) is 17.2 Å². The van der Waals surface area contributed by atoms with Gasteiger partial charge in [-0.15, -0.1) is 0 Å². The van der Waals surface area contributed by atoms with Crippen LogP contribution in [0.1, 0.15) is 18.7 Å². The van der Waals surface area contributed by atoms with Crippen molar-refractivity contribution in [1.29, 1.82) is 0 Å². The van der Waals surface area contributed by atoms with E-state index in [0.717, 1.165) is 5.69 Å². The van der Waals surface area contributed by atoms with Crippen molar-refractivity contribution in [2.45, 2.75) is 19.9 Å². The van der Waals surface area contributed by atoms with E-state index in [9.17, 15) is 9.59 Å². The Bertz CT molecular complexity index is 463. The van der Waals surface area contributed by atoms with Gasteiger partial charge in [0.05, 0.1) is 5.69 Å². The topological polar surface area (TPSA) is 68.3 Å². The molecule has 1 aromatic heterocycles. The molecule has 1 atom stereocenters. The maximum absolute atomic E-state index is 11.8.